The van der Waals surface area contributed by atoms with Crippen molar-refractivity contribution in [2.24, 2.45) is 5.92 Å². The van der Waals surface area contributed by atoms with Crippen LogP contribution in [-0.4, -0.2) is 29.3 Å². The molecule has 1 aliphatic carbocycles. The Hall–Kier alpha value is -0.370. The maximum Gasteiger partial charge on any atom is 0.131 e. The van der Waals surface area contributed by atoms with Gasteiger partial charge in [-0.2, -0.15) is 0 Å². The molecule has 2 aliphatic rings. The van der Waals surface area contributed by atoms with Gasteiger partial charge in [-0.25, -0.2) is 0 Å². The Morgan fingerprint density at radius 3 is 2.56 bits per heavy atom. The molecule has 1 saturated carbocycles. The molecule has 2 nitrogen and oxygen atoms in total. The van der Waals surface area contributed by atoms with E-state index < -0.39 is 0 Å². The minimum Gasteiger partial charge on any atom is -0.300 e. The van der Waals surface area contributed by atoms with Crippen molar-refractivity contribution in [2.75, 3.05) is 6.54 Å². The number of carbonyl (C=O) groups is 1. The average molecular weight is 251 g/mol. The quantitative estimate of drug-likeness (QED) is 0.757. The Kier molecular flexibility index (Phi) is 5.23. The van der Waals surface area contributed by atoms with Crippen LogP contribution in [0.3, 0.4) is 0 Å². The van der Waals surface area contributed by atoms with Crippen molar-refractivity contribution in [3.8, 4) is 0 Å². The SMILES string of the molecule is CCC1CCCCC1N1CCCCC1CC(C)=O. The fourth-order valence-corrected chi connectivity index (χ4v) is 4.11. The zero-order chi connectivity index (χ0) is 13.0. The average Bonchev–Trinajstić information content (AvgIpc) is 2.39. The van der Waals surface area contributed by atoms with Crippen LogP contribution in [0.5, 0.6) is 0 Å². The van der Waals surface area contributed by atoms with Crippen molar-refractivity contribution < 1.29 is 4.79 Å². The van der Waals surface area contributed by atoms with E-state index in [-0.39, 0.29) is 0 Å². The summed E-state index contributed by atoms with van der Waals surface area (Å²) in [5.74, 6) is 1.25. The summed E-state index contributed by atoms with van der Waals surface area (Å²) in [5.41, 5.74) is 0. The van der Waals surface area contributed by atoms with Gasteiger partial charge in [0.2, 0.25) is 0 Å². The van der Waals surface area contributed by atoms with E-state index in [0.29, 0.717) is 11.8 Å². The third-order valence-electron chi connectivity index (χ3n) is 5.02. The second kappa shape index (κ2) is 6.70. The molecule has 1 saturated heterocycles. The van der Waals surface area contributed by atoms with Gasteiger partial charge >= 0.3 is 0 Å². The van der Waals surface area contributed by atoms with Crippen LogP contribution < -0.4 is 0 Å². The van der Waals surface area contributed by atoms with Gasteiger partial charge in [-0.05, 0) is 45.1 Å². The highest BCUT2D eigenvalue weighted by atomic mass is 16.1. The second-order valence-corrected chi connectivity index (χ2v) is 6.31. The first kappa shape index (κ1) is 14.0. The number of hydrogen-bond acceptors (Lipinski definition) is 2. The molecule has 18 heavy (non-hydrogen) atoms. The smallest absolute Gasteiger partial charge is 0.131 e. The van der Waals surface area contributed by atoms with Crippen LogP contribution in [-0.2, 0) is 4.79 Å². The molecule has 3 unspecified atom stereocenters. The molecule has 0 bridgehead atoms. The van der Waals surface area contributed by atoms with Gasteiger partial charge in [0.25, 0.3) is 0 Å². The molecule has 1 heterocycles. The fourth-order valence-electron chi connectivity index (χ4n) is 4.11. The largest absolute Gasteiger partial charge is 0.300 e. The van der Waals surface area contributed by atoms with Crippen LogP contribution >= 0.6 is 0 Å². The van der Waals surface area contributed by atoms with Crippen LogP contribution in [0.15, 0.2) is 0 Å². The van der Waals surface area contributed by atoms with Crippen LogP contribution in [0.25, 0.3) is 0 Å². The van der Waals surface area contributed by atoms with Gasteiger partial charge in [0.05, 0.1) is 0 Å². The van der Waals surface area contributed by atoms with Crippen molar-refractivity contribution in [1.82, 2.24) is 4.90 Å². The Labute approximate surface area is 112 Å². The lowest BCUT2D eigenvalue weighted by atomic mass is 9.80. The summed E-state index contributed by atoms with van der Waals surface area (Å²) in [7, 11) is 0. The summed E-state index contributed by atoms with van der Waals surface area (Å²) in [6, 6.07) is 1.32. The van der Waals surface area contributed by atoms with Gasteiger partial charge in [-0.1, -0.05) is 32.6 Å². The van der Waals surface area contributed by atoms with Crippen molar-refractivity contribution in [3.63, 3.8) is 0 Å². The number of carbonyl (C=O) groups excluding carboxylic acids is 1. The molecule has 104 valence electrons. The van der Waals surface area contributed by atoms with E-state index in [1.54, 1.807) is 6.92 Å². The van der Waals surface area contributed by atoms with Crippen molar-refractivity contribution >= 4 is 5.78 Å². The maximum atomic E-state index is 11.5. The third-order valence-corrected chi connectivity index (χ3v) is 5.02. The molecular formula is C16H29NO. The summed E-state index contributed by atoms with van der Waals surface area (Å²) in [6.07, 6.45) is 11.6. The molecule has 2 heteroatoms. The molecule has 0 spiro atoms. The fraction of sp³-hybridized carbons (Fsp3) is 0.938. The van der Waals surface area contributed by atoms with E-state index in [1.165, 1.54) is 57.9 Å². The van der Waals surface area contributed by atoms with E-state index in [4.69, 9.17) is 0 Å². The molecule has 0 radical (unpaired) electrons. The lowest BCUT2D eigenvalue weighted by Crippen LogP contribution is -2.50. The van der Waals surface area contributed by atoms with Gasteiger partial charge in [0.1, 0.15) is 5.78 Å². The van der Waals surface area contributed by atoms with Gasteiger partial charge in [0, 0.05) is 18.5 Å². The molecule has 0 amide bonds. The van der Waals surface area contributed by atoms with Gasteiger partial charge in [-0.15, -0.1) is 0 Å². The Balaban J connectivity index is 2.04. The standard InChI is InChI=1S/C16H29NO/c1-3-14-8-4-5-10-16(14)17-11-7-6-9-15(17)12-13(2)18/h14-16H,3-12H2,1-2H3. The molecule has 2 rings (SSSR count). The first-order valence-corrected chi connectivity index (χ1v) is 7.97. The van der Waals surface area contributed by atoms with Crippen LogP contribution in [0.1, 0.15) is 71.6 Å². The normalized spacial score (nSPS) is 34.4. The van der Waals surface area contributed by atoms with Crippen LogP contribution in [0.4, 0.5) is 0 Å². The van der Waals surface area contributed by atoms with E-state index in [2.05, 4.69) is 11.8 Å². The number of Topliss-reactive ketones (excluding diaryl/α,β-unsaturated/α-hetero) is 1. The first-order chi connectivity index (χ1) is 8.72. The van der Waals surface area contributed by atoms with Gasteiger partial charge < -0.3 is 0 Å². The first-order valence-electron chi connectivity index (χ1n) is 7.97. The van der Waals surface area contributed by atoms with E-state index in [0.717, 1.165) is 18.4 Å². The lowest BCUT2D eigenvalue weighted by Gasteiger charge is -2.46. The summed E-state index contributed by atoms with van der Waals surface area (Å²) in [5, 5.41) is 0. The van der Waals surface area contributed by atoms with Crippen LogP contribution in [0.2, 0.25) is 0 Å². The summed E-state index contributed by atoms with van der Waals surface area (Å²) in [4.78, 5) is 14.2. The topological polar surface area (TPSA) is 20.3 Å². The highest BCUT2D eigenvalue weighted by molar-refractivity contribution is 5.76. The summed E-state index contributed by atoms with van der Waals surface area (Å²) in [6.45, 7) is 5.33. The van der Waals surface area contributed by atoms with Crippen molar-refractivity contribution in [3.05, 3.63) is 0 Å². The Bertz CT molecular complexity index is 276. The molecule has 0 aromatic carbocycles. The number of likely N-dealkylation sites (tertiary alicyclic amines) is 1. The van der Waals surface area contributed by atoms with E-state index in [1.807, 2.05) is 0 Å². The zero-order valence-corrected chi connectivity index (χ0v) is 12.2. The number of rotatable bonds is 4. The monoisotopic (exact) mass is 251 g/mol. The maximum absolute atomic E-state index is 11.5. The van der Waals surface area contributed by atoms with E-state index in [9.17, 15) is 4.79 Å². The number of ketones is 1. The Morgan fingerprint density at radius 1 is 1.11 bits per heavy atom. The molecule has 0 aromatic rings. The minimum absolute atomic E-state index is 0.371. The van der Waals surface area contributed by atoms with E-state index >= 15 is 0 Å². The zero-order valence-electron chi connectivity index (χ0n) is 12.2. The summed E-state index contributed by atoms with van der Waals surface area (Å²) < 4.78 is 0. The van der Waals surface area contributed by atoms with Crippen molar-refractivity contribution in [2.45, 2.75) is 83.7 Å². The second-order valence-electron chi connectivity index (χ2n) is 6.31. The molecule has 2 fully saturated rings. The van der Waals surface area contributed by atoms with Gasteiger partial charge in [0.15, 0.2) is 0 Å². The number of nitrogens with zero attached hydrogens (tertiary/aromatic N) is 1. The highest BCUT2D eigenvalue weighted by Gasteiger charge is 2.34. The van der Waals surface area contributed by atoms with Gasteiger partial charge in [-0.3, -0.25) is 9.69 Å². The Morgan fingerprint density at radius 2 is 1.83 bits per heavy atom. The molecule has 1 aliphatic heterocycles. The number of piperidine rings is 1. The molecular weight excluding hydrogens is 222 g/mol. The molecule has 0 N–H and O–H groups in total. The van der Waals surface area contributed by atoms with Crippen molar-refractivity contribution in [1.29, 1.82) is 0 Å². The highest BCUT2D eigenvalue weighted by Crippen LogP contribution is 2.34. The predicted octanol–water partition coefficient (Wildman–Crippen LogP) is 3.79. The molecule has 3 atom stereocenters. The summed E-state index contributed by atoms with van der Waals surface area (Å²) >= 11 is 0. The lowest BCUT2D eigenvalue weighted by molar-refractivity contribution is -0.119. The minimum atomic E-state index is 0.371. The third kappa shape index (κ3) is 3.34. The predicted molar refractivity (Wildman–Crippen MR) is 75.7 cm³/mol. The number of hydrogen-bond donors (Lipinski definition) is 0. The molecule has 0 aromatic heterocycles. The van der Waals surface area contributed by atoms with Crippen LogP contribution in [0, 0.1) is 5.92 Å².